The summed E-state index contributed by atoms with van der Waals surface area (Å²) in [5.41, 5.74) is 3.30. The molecular weight excluding hydrogens is 400 g/mol. The van der Waals surface area contributed by atoms with Gasteiger partial charge < -0.3 is 30.4 Å². The van der Waals surface area contributed by atoms with Gasteiger partial charge in [-0.15, -0.1) is 0 Å². The van der Waals surface area contributed by atoms with Gasteiger partial charge in [0.1, 0.15) is 12.3 Å². The van der Waals surface area contributed by atoms with Gasteiger partial charge in [0.25, 0.3) is 5.91 Å². The van der Waals surface area contributed by atoms with E-state index >= 15 is 0 Å². The molecule has 0 atom stereocenters. The highest BCUT2D eigenvalue weighted by Crippen LogP contribution is 2.19. The number of esters is 1. The third-order valence-corrected chi connectivity index (χ3v) is 4.47. The van der Waals surface area contributed by atoms with E-state index in [1.54, 1.807) is 26.0 Å². The Bertz CT molecular complexity index is 919. The van der Waals surface area contributed by atoms with Crippen LogP contribution in [0.3, 0.4) is 0 Å². The Morgan fingerprint density at radius 3 is 2.35 bits per heavy atom. The summed E-state index contributed by atoms with van der Waals surface area (Å²) >= 11 is 0. The van der Waals surface area contributed by atoms with E-state index in [4.69, 9.17) is 9.47 Å². The summed E-state index contributed by atoms with van der Waals surface area (Å²) in [5, 5.41) is 8.32. The minimum Gasteiger partial charge on any atom is -0.460 e. The standard InChI is InChI=1S/C22H30N4O5/c1-13(2)24-22(29)26-17-8-6-16(7-9-17)12-23-20(27)19-14(3)18(15(4)25-19)21(28)31-11-10-30-5/h6-9,13,25H,10-12H2,1-5H3,(H,23,27)(H2,24,26,29). The number of nitrogens with one attached hydrogen (secondary N) is 4. The normalized spacial score (nSPS) is 10.6. The molecule has 0 aliphatic rings. The maximum absolute atomic E-state index is 12.6. The molecule has 4 N–H and O–H groups in total. The van der Waals surface area contributed by atoms with Crippen molar-refractivity contribution in [2.75, 3.05) is 25.6 Å². The number of ether oxygens (including phenoxy) is 2. The number of hydrogen-bond acceptors (Lipinski definition) is 5. The van der Waals surface area contributed by atoms with Crippen molar-refractivity contribution in [2.24, 2.45) is 0 Å². The fourth-order valence-corrected chi connectivity index (χ4v) is 2.98. The third kappa shape index (κ3) is 6.85. The molecule has 0 radical (unpaired) electrons. The van der Waals surface area contributed by atoms with Gasteiger partial charge in [-0.3, -0.25) is 4.79 Å². The first-order valence-corrected chi connectivity index (χ1v) is 10.0. The van der Waals surface area contributed by atoms with Crippen LogP contribution in [0.1, 0.15) is 51.5 Å². The monoisotopic (exact) mass is 430 g/mol. The van der Waals surface area contributed by atoms with E-state index in [2.05, 4.69) is 20.9 Å². The number of anilines is 1. The Kier molecular flexibility index (Phi) is 8.63. The molecular formula is C22H30N4O5. The zero-order valence-corrected chi connectivity index (χ0v) is 18.5. The second kappa shape index (κ2) is 11.2. The SMILES string of the molecule is COCCOC(=O)c1c(C)[nH]c(C(=O)NCc2ccc(NC(=O)NC(C)C)cc2)c1C. The van der Waals surface area contributed by atoms with Crippen molar-refractivity contribution in [3.63, 3.8) is 0 Å². The summed E-state index contributed by atoms with van der Waals surface area (Å²) in [7, 11) is 1.52. The molecule has 0 saturated heterocycles. The molecule has 9 nitrogen and oxygen atoms in total. The van der Waals surface area contributed by atoms with Gasteiger partial charge in [0.2, 0.25) is 0 Å². The van der Waals surface area contributed by atoms with Gasteiger partial charge in [0, 0.05) is 31.1 Å². The fraction of sp³-hybridized carbons (Fsp3) is 0.409. The number of aromatic nitrogens is 1. The molecule has 0 aliphatic carbocycles. The Labute approximate surface area is 181 Å². The van der Waals surface area contributed by atoms with Gasteiger partial charge in [-0.05, 0) is 51.0 Å². The number of aryl methyl sites for hydroxylation is 1. The summed E-state index contributed by atoms with van der Waals surface area (Å²) < 4.78 is 10.0. The summed E-state index contributed by atoms with van der Waals surface area (Å²) in [6.45, 7) is 7.93. The summed E-state index contributed by atoms with van der Waals surface area (Å²) in [6, 6.07) is 6.93. The predicted octanol–water partition coefficient (Wildman–Crippen LogP) is 2.89. The van der Waals surface area contributed by atoms with Gasteiger partial charge in [-0.25, -0.2) is 9.59 Å². The number of urea groups is 1. The lowest BCUT2D eigenvalue weighted by Gasteiger charge is -2.11. The van der Waals surface area contributed by atoms with E-state index in [9.17, 15) is 14.4 Å². The first-order chi connectivity index (χ1) is 14.7. The van der Waals surface area contributed by atoms with Crippen LogP contribution >= 0.6 is 0 Å². The lowest BCUT2D eigenvalue weighted by molar-refractivity contribution is 0.0386. The van der Waals surface area contributed by atoms with Crippen LogP contribution in [-0.2, 0) is 16.0 Å². The predicted molar refractivity (Wildman–Crippen MR) is 117 cm³/mol. The number of benzene rings is 1. The van der Waals surface area contributed by atoms with Crippen molar-refractivity contribution in [1.29, 1.82) is 0 Å². The van der Waals surface area contributed by atoms with Gasteiger partial charge in [0.05, 0.1) is 12.2 Å². The largest absolute Gasteiger partial charge is 0.460 e. The van der Waals surface area contributed by atoms with Crippen LogP contribution in [0.5, 0.6) is 0 Å². The number of methoxy groups -OCH3 is 1. The first kappa shape index (κ1) is 23.9. The highest BCUT2D eigenvalue weighted by Gasteiger charge is 2.22. The van der Waals surface area contributed by atoms with Crippen LogP contribution < -0.4 is 16.0 Å². The molecule has 31 heavy (non-hydrogen) atoms. The molecule has 0 bridgehead atoms. The maximum Gasteiger partial charge on any atom is 0.340 e. The molecule has 1 aromatic heterocycles. The smallest absolute Gasteiger partial charge is 0.340 e. The Morgan fingerprint density at radius 1 is 1.06 bits per heavy atom. The minimum absolute atomic E-state index is 0.0438. The zero-order chi connectivity index (χ0) is 23.0. The number of amides is 3. The second-order valence-corrected chi connectivity index (χ2v) is 7.39. The van der Waals surface area contributed by atoms with Gasteiger partial charge in [-0.2, -0.15) is 0 Å². The van der Waals surface area contributed by atoms with Crippen LogP contribution in [0.4, 0.5) is 10.5 Å². The quantitative estimate of drug-likeness (QED) is 0.360. The van der Waals surface area contributed by atoms with Crippen molar-refractivity contribution in [3.8, 4) is 0 Å². The molecule has 0 saturated carbocycles. The maximum atomic E-state index is 12.6. The molecule has 0 unspecified atom stereocenters. The lowest BCUT2D eigenvalue weighted by Crippen LogP contribution is -2.34. The number of rotatable bonds is 9. The van der Waals surface area contributed by atoms with E-state index in [0.717, 1.165) is 5.56 Å². The number of carbonyl (C=O) groups is 3. The number of carbonyl (C=O) groups excluding carboxylic acids is 3. The van der Waals surface area contributed by atoms with Crippen molar-refractivity contribution < 1.29 is 23.9 Å². The molecule has 0 spiro atoms. The Hall–Kier alpha value is -3.33. The zero-order valence-electron chi connectivity index (χ0n) is 18.5. The highest BCUT2D eigenvalue weighted by molar-refractivity contribution is 6.00. The van der Waals surface area contributed by atoms with Crippen LogP contribution in [0.25, 0.3) is 0 Å². The number of hydrogen-bond donors (Lipinski definition) is 4. The third-order valence-electron chi connectivity index (χ3n) is 4.47. The fourth-order valence-electron chi connectivity index (χ4n) is 2.98. The van der Waals surface area contributed by atoms with Gasteiger partial charge >= 0.3 is 12.0 Å². The number of aromatic amines is 1. The number of H-pyrrole nitrogens is 1. The average molecular weight is 431 g/mol. The molecule has 0 aliphatic heterocycles. The van der Waals surface area contributed by atoms with E-state index in [1.165, 1.54) is 7.11 Å². The van der Waals surface area contributed by atoms with E-state index in [0.29, 0.717) is 41.4 Å². The highest BCUT2D eigenvalue weighted by atomic mass is 16.6. The van der Waals surface area contributed by atoms with Crippen molar-refractivity contribution >= 4 is 23.6 Å². The second-order valence-electron chi connectivity index (χ2n) is 7.39. The van der Waals surface area contributed by atoms with Crippen LogP contribution in [-0.4, -0.2) is 49.3 Å². The summed E-state index contributed by atoms with van der Waals surface area (Å²) in [5.74, 6) is -0.818. The minimum atomic E-state index is -0.494. The van der Waals surface area contributed by atoms with Crippen LogP contribution in [0, 0.1) is 13.8 Å². The van der Waals surface area contributed by atoms with E-state index in [-0.39, 0.29) is 24.6 Å². The molecule has 2 rings (SSSR count). The van der Waals surface area contributed by atoms with Crippen molar-refractivity contribution in [2.45, 2.75) is 40.3 Å². The average Bonchev–Trinajstić information content (AvgIpc) is 3.01. The summed E-state index contributed by atoms with van der Waals surface area (Å²) in [4.78, 5) is 39.6. The summed E-state index contributed by atoms with van der Waals surface area (Å²) in [6.07, 6.45) is 0. The van der Waals surface area contributed by atoms with Crippen LogP contribution in [0.15, 0.2) is 24.3 Å². The van der Waals surface area contributed by atoms with Crippen molar-refractivity contribution in [3.05, 3.63) is 52.3 Å². The van der Waals surface area contributed by atoms with Gasteiger partial charge in [0.15, 0.2) is 0 Å². The van der Waals surface area contributed by atoms with Crippen LogP contribution in [0.2, 0.25) is 0 Å². The van der Waals surface area contributed by atoms with Gasteiger partial charge in [-0.1, -0.05) is 12.1 Å². The molecule has 2 aromatic rings. The molecule has 1 aromatic carbocycles. The Morgan fingerprint density at radius 2 is 1.74 bits per heavy atom. The first-order valence-electron chi connectivity index (χ1n) is 10.0. The van der Waals surface area contributed by atoms with Crippen molar-refractivity contribution in [1.82, 2.24) is 15.6 Å². The van der Waals surface area contributed by atoms with E-state index in [1.807, 2.05) is 26.0 Å². The molecule has 168 valence electrons. The molecule has 0 fully saturated rings. The molecule has 9 heteroatoms. The lowest BCUT2D eigenvalue weighted by atomic mass is 10.1. The molecule has 3 amide bonds. The molecule has 1 heterocycles. The Balaban J connectivity index is 1.96. The van der Waals surface area contributed by atoms with E-state index < -0.39 is 5.97 Å². The topological polar surface area (TPSA) is 122 Å².